The first-order valence-corrected chi connectivity index (χ1v) is 8.16. The van der Waals surface area contributed by atoms with Gasteiger partial charge in [0.15, 0.2) is 0 Å². The number of hydrogen-bond acceptors (Lipinski definition) is 3. The average Bonchev–Trinajstić information content (AvgIpc) is 2.39. The molecule has 1 heterocycles. The number of piperidine rings is 1. The third-order valence-corrected chi connectivity index (χ3v) is 5.61. The van der Waals surface area contributed by atoms with Crippen molar-refractivity contribution in [3.05, 3.63) is 28.7 Å². The molecule has 5 nitrogen and oxygen atoms in total. The minimum absolute atomic E-state index is 0.129. The van der Waals surface area contributed by atoms with E-state index in [1.807, 2.05) is 0 Å². The Balaban J connectivity index is 2.37. The van der Waals surface area contributed by atoms with Gasteiger partial charge in [0.2, 0.25) is 10.0 Å². The first-order valence-electron chi connectivity index (χ1n) is 5.93. The lowest BCUT2D eigenvalue weighted by Gasteiger charge is -2.31. The molecule has 2 rings (SSSR count). The molecular weight excluding hydrogens is 334 g/mol. The molecule has 7 heteroatoms. The third kappa shape index (κ3) is 2.98. The van der Waals surface area contributed by atoms with Gasteiger partial charge in [-0.3, -0.25) is 4.79 Å². The van der Waals surface area contributed by atoms with Crippen LogP contribution in [0.5, 0.6) is 0 Å². The molecule has 0 spiro atoms. The number of rotatable bonds is 3. The normalized spacial score (nSPS) is 21.2. The van der Waals surface area contributed by atoms with Gasteiger partial charge in [-0.2, -0.15) is 4.31 Å². The molecule has 104 valence electrons. The van der Waals surface area contributed by atoms with E-state index in [1.165, 1.54) is 12.1 Å². The Morgan fingerprint density at radius 3 is 2.47 bits per heavy atom. The molecule has 0 radical (unpaired) electrons. The average molecular weight is 348 g/mol. The van der Waals surface area contributed by atoms with Crippen LogP contribution < -0.4 is 0 Å². The lowest BCUT2D eigenvalue weighted by atomic mass is 10.1. The summed E-state index contributed by atoms with van der Waals surface area (Å²) in [4.78, 5) is 11.3. The summed E-state index contributed by atoms with van der Waals surface area (Å²) in [6.07, 6.45) is 1.80. The molecule has 1 fully saturated rings. The van der Waals surface area contributed by atoms with E-state index in [4.69, 9.17) is 5.11 Å². The smallest absolute Gasteiger partial charge is 0.322 e. The zero-order valence-electron chi connectivity index (χ0n) is 10.1. The summed E-state index contributed by atoms with van der Waals surface area (Å²) in [5, 5.41) is 9.15. The van der Waals surface area contributed by atoms with Crippen LogP contribution in [-0.2, 0) is 14.8 Å². The molecule has 1 aromatic rings. The summed E-state index contributed by atoms with van der Waals surface area (Å²) in [5.74, 6) is -1.08. The Labute approximate surface area is 120 Å². The molecule has 19 heavy (non-hydrogen) atoms. The molecule has 1 aliphatic rings. The maximum Gasteiger partial charge on any atom is 0.322 e. The van der Waals surface area contributed by atoms with Crippen molar-refractivity contribution < 1.29 is 18.3 Å². The molecule has 1 aliphatic heterocycles. The minimum atomic E-state index is -3.74. The van der Waals surface area contributed by atoms with Gasteiger partial charge in [0.1, 0.15) is 6.04 Å². The largest absolute Gasteiger partial charge is 0.480 e. The second-order valence-electron chi connectivity index (χ2n) is 4.42. The van der Waals surface area contributed by atoms with Crippen LogP contribution in [0.1, 0.15) is 19.3 Å². The molecule has 1 N–H and O–H groups in total. The molecule has 0 bridgehead atoms. The van der Waals surface area contributed by atoms with Crippen LogP contribution in [0.2, 0.25) is 0 Å². The Morgan fingerprint density at radius 2 is 1.89 bits per heavy atom. The minimum Gasteiger partial charge on any atom is -0.480 e. The van der Waals surface area contributed by atoms with Gasteiger partial charge < -0.3 is 5.11 Å². The van der Waals surface area contributed by atoms with Gasteiger partial charge in [0, 0.05) is 11.0 Å². The second kappa shape index (κ2) is 5.60. The summed E-state index contributed by atoms with van der Waals surface area (Å²) in [7, 11) is -3.74. The van der Waals surface area contributed by atoms with Gasteiger partial charge >= 0.3 is 5.97 Å². The van der Waals surface area contributed by atoms with E-state index in [0.29, 0.717) is 12.8 Å². The molecule has 1 atom stereocenters. The maximum atomic E-state index is 12.5. The predicted molar refractivity (Wildman–Crippen MR) is 73.3 cm³/mol. The Bertz CT molecular complexity index is 570. The van der Waals surface area contributed by atoms with Crippen molar-refractivity contribution in [2.45, 2.75) is 30.2 Å². The van der Waals surface area contributed by atoms with Crippen LogP contribution in [-0.4, -0.2) is 36.4 Å². The summed E-state index contributed by atoms with van der Waals surface area (Å²) >= 11 is 3.24. The predicted octanol–water partition coefficient (Wildman–Crippen LogP) is 2.08. The first-order chi connectivity index (χ1) is 8.93. The SMILES string of the molecule is O=C(O)[C@H]1CCCCN1S(=O)(=O)c1ccc(Br)cc1. The number of carbonyl (C=O) groups is 1. The van der Waals surface area contributed by atoms with E-state index in [-0.39, 0.29) is 11.4 Å². The van der Waals surface area contributed by atoms with Crippen molar-refractivity contribution in [3.63, 3.8) is 0 Å². The van der Waals surface area contributed by atoms with E-state index in [2.05, 4.69) is 15.9 Å². The number of carboxylic acids is 1. The highest BCUT2D eigenvalue weighted by atomic mass is 79.9. The fourth-order valence-electron chi connectivity index (χ4n) is 2.18. The lowest BCUT2D eigenvalue weighted by Crippen LogP contribution is -2.47. The van der Waals surface area contributed by atoms with E-state index in [0.717, 1.165) is 15.2 Å². The first kappa shape index (κ1) is 14.5. The van der Waals surface area contributed by atoms with Crippen molar-refractivity contribution in [2.24, 2.45) is 0 Å². The van der Waals surface area contributed by atoms with Crippen LogP contribution >= 0.6 is 15.9 Å². The number of hydrogen-bond donors (Lipinski definition) is 1. The lowest BCUT2D eigenvalue weighted by molar-refractivity contribution is -0.142. The molecule has 1 aromatic carbocycles. The van der Waals surface area contributed by atoms with Crippen LogP contribution in [0.25, 0.3) is 0 Å². The number of sulfonamides is 1. The van der Waals surface area contributed by atoms with Crippen LogP contribution in [0.4, 0.5) is 0 Å². The molecule has 0 aromatic heterocycles. The molecule has 0 unspecified atom stereocenters. The van der Waals surface area contributed by atoms with Crippen LogP contribution in [0, 0.1) is 0 Å². The standard InChI is InChI=1S/C12H14BrNO4S/c13-9-4-6-10(7-5-9)19(17,18)14-8-2-1-3-11(14)12(15)16/h4-7,11H,1-3,8H2,(H,15,16)/t11-/m1/s1. The van der Waals surface area contributed by atoms with Crippen LogP contribution in [0.3, 0.4) is 0 Å². The highest BCUT2D eigenvalue weighted by Crippen LogP contribution is 2.26. The fraction of sp³-hybridized carbons (Fsp3) is 0.417. The zero-order chi connectivity index (χ0) is 14.0. The number of aliphatic carboxylic acids is 1. The van der Waals surface area contributed by atoms with E-state index in [9.17, 15) is 13.2 Å². The number of benzene rings is 1. The van der Waals surface area contributed by atoms with Crippen molar-refractivity contribution in [1.82, 2.24) is 4.31 Å². The van der Waals surface area contributed by atoms with Gasteiger partial charge in [0.25, 0.3) is 0 Å². The van der Waals surface area contributed by atoms with Gasteiger partial charge in [-0.05, 0) is 43.5 Å². The van der Waals surface area contributed by atoms with Gasteiger partial charge in [-0.1, -0.05) is 15.9 Å². The molecular formula is C12H14BrNO4S. The Hall–Kier alpha value is -0.920. The summed E-state index contributed by atoms with van der Waals surface area (Å²) in [5.41, 5.74) is 0. The number of nitrogens with zero attached hydrogens (tertiary/aromatic N) is 1. The number of halogens is 1. The fourth-order valence-corrected chi connectivity index (χ4v) is 4.10. The number of carboxylic acid groups (broad SMARTS) is 1. The molecule has 1 saturated heterocycles. The third-order valence-electron chi connectivity index (χ3n) is 3.16. The van der Waals surface area contributed by atoms with E-state index in [1.54, 1.807) is 12.1 Å². The Morgan fingerprint density at radius 1 is 1.26 bits per heavy atom. The quantitative estimate of drug-likeness (QED) is 0.908. The second-order valence-corrected chi connectivity index (χ2v) is 7.23. The van der Waals surface area contributed by atoms with E-state index < -0.39 is 22.0 Å². The van der Waals surface area contributed by atoms with Crippen molar-refractivity contribution >= 4 is 31.9 Å². The van der Waals surface area contributed by atoms with Crippen molar-refractivity contribution in [2.75, 3.05) is 6.54 Å². The Kier molecular flexibility index (Phi) is 4.27. The van der Waals surface area contributed by atoms with Gasteiger partial charge in [0.05, 0.1) is 4.90 Å². The van der Waals surface area contributed by atoms with Crippen molar-refractivity contribution in [3.8, 4) is 0 Å². The highest BCUT2D eigenvalue weighted by Gasteiger charge is 2.37. The molecule has 0 amide bonds. The van der Waals surface area contributed by atoms with Crippen LogP contribution in [0.15, 0.2) is 33.6 Å². The zero-order valence-corrected chi connectivity index (χ0v) is 12.5. The molecule has 0 aliphatic carbocycles. The summed E-state index contributed by atoms with van der Waals surface area (Å²) < 4.78 is 26.8. The monoisotopic (exact) mass is 347 g/mol. The van der Waals surface area contributed by atoms with E-state index >= 15 is 0 Å². The summed E-state index contributed by atoms with van der Waals surface area (Å²) in [6.45, 7) is 0.259. The topological polar surface area (TPSA) is 74.7 Å². The molecule has 0 saturated carbocycles. The van der Waals surface area contributed by atoms with Gasteiger partial charge in [-0.25, -0.2) is 8.42 Å². The highest BCUT2D eigenvalue weighted by molar-refractivity contribution is 9.10. The maximum absolute atomic E-state index is 12.5. The van der Waals surface area contributed by atoms with Gasteiger partial charge in [-0.15, -0.1) is 0 Å². The summed E-state index contributed by atoms with van der Waals surface area (Å²) in [6, 6.07) is 5.27. The van der Waals surface area contributed by atoms with Crippen molar-refractivity contribution in [1.29, 1.82) is 0 Å².